The van der Waals surface area contributed by atoms with Crippen molar-refractivity contribution < 1.29 is 24.5 Å². The summed E-state index contributed by atoms with van der Waals surface area (Å²) in [4.78, 5) is 26.7. The molecule has 0 bridgehead atoms. The molecule has 3 aromatic rings. The number of ether oxygens (including phenoxy) is 2. The molecule has 10 heteroatoms. The van der Waals surface area contributed by atoms with Crippen molar-refractivity contribution in [1.82, 2.24) is 19.5 Å². The first-order valence-corrected chi connectivity index (χ1v) is 9.06. The maximum atomic E-state index is 12.1. The average molecular weight is 399 g/mol. The van der Waals surface area contributed by atoms with Crippen LogP contribution in [0.1, 0.15) is 16.6 Å². The molecule has 0 spiro atoms. The lowest BCUT2D eigenvalue weighted by Gasteiger charge is -2.17. The van der Waals surface area contributed by atoms with E-state index in [1.54, 1.807) is 35.2 Å². The molecule has 10 nitrogen and oxygen atoms in total. The minimum atomic E-state index is -1.24. The van der Waals surface area contributed by atoms with Crippen LogP contribution < -0.4 is 4.90 Å². The molecule has 0 amide bonds. The van der Waals surface area contributed by atoms with Crippen LogP contribution in [0.4, 0.5) is 5.82 Å². The zero-order chi connectivity index (χ0) is 20.5. The molecule has 4 rings (SSSR count). The van der Waals surface area contributed by atoms with Gasteiger partial charge in [-0.3, -0.25) is 4.57 Å². The third-order valence-corrected chi connectivity index (χ3v) is 4.76. The van der Waals surface area contributed by atoms with E-state index in [4.69, 9.17) is 9.47 Å². The van der Waals surface area contributed by atoms with Gasteiger partial charge in [-0.25, -0.2) is 19.7 Å². The molecule has 1 aliphatic heterocycles. The van der Waals surface area contributed by atoms with Crippen LogP contribution in [0.5, 0.6) is 0 Å². The Morgan fingerprint density at radius 2 is 1.93 bits per heavy atom. The number of anilines is 1. The van der Waals surface area contributed by atoms with Crippen molar-refractivity contribution in [3.8, 4) is 0 Å². The van der Waals surface area contributed by atoms with E-state index >= 15 is 0 Å². The first kappa shape index (κ1) is 19.2. The lowest BCUT2D eigenvalue weighted by molar-refractivity contribution is -0.0565. The first-order valence-electron chi connectivity index (χ1n) is 9.06. The first-order chi connectivity index (χ1) is 14.0. The summed E-state index contributed by atoms with van der Waals surface area (Å²) >= 11 is 0. The standard InChI is InChI=1S/C19H21N5O5/c1-23(2)16-13-17(21-9-20-16)24(10-22-13)18-15(26)14(25)12(29-18)8-28-19(27)11-6-4-3-5-7-11/h3-7,9-10,12,14-15,18,25-26H,8H2,1-2H3/t12-,14-,15-,18-/m1/s1. The molecule has 0 saturated carbocycles. The highest BCUT2D eigenvalue weighted by Crippen LogP contribution is 2.32. The number of benzene rings is 1. The normalized spacial score (nSPS) is 24.0. The second kappa shape index (κ2) is 7.74. The number of hydrogen-bond donors (Lipinski definition) is 2. The number of esters is 1. The molecule has 1 saturated heterocycles. The van der Waals surface area contributed by atoms with Gasteiger partial charge in [0.2, 0.25) is 0 Å². The van der Waals surface area contributed by atoms with Gasteiger partial charge in [0.25, 0.3) is 0 Å². The molecule has 0 radical (unpaired) electrons. The highest BCUT2D eigenvalue weighted by molar-refractivity contribution is 5.89. The number of fused-ring (bicyclic) bond motifs is 1. The molecule has 0 unspecified atom stereocenters. The summed E-state index contributed by atoms with van der Waals surface area (Å²) in [5, 5.41) is 20.9. The fourth-order valence-corrected chi connectivity index (χ4v) is 3.27. The number of hydrogen-bond acceptors (Lipinski definition) is 9. The van der Waals surface area contributed by atoms with Crippen LogP contribution in [0, 0.1) is 0 Å². The number of carbonyl (C=O) groups is 1. The summed E-state index contributed by atoms with van der Waals surface area (Å²) in [5.41, 5.74) is 1.40. The third kappa shape index (κ3) is 3.53. The molecule has 29 heavy (non-hydrogen) atoms. The minimum Gasteiger partial charge on any atom is -0.459 e. The number of carbonyl (C=O) groups excluding carboxylic acids is 1. The maximum Gasteiger partial charge on any atom is 0.338 e. The lowest BCUT2D eigenvalue weighted by atomic mass is 10.1. The van der Waals surface area contributed by atoms with Gasteiger partial charge >= 0.3 is 5.97 Å². The average Bonchev–Trinajstić information content (AvgIpc) is 3.28. The van der Waals surface area contributed by atoms with Gasteiger partial charge in [0.1, 0.15) is 31.2 Å². The van der Waals surface area contributed by atoms with Gasteiger partial charge in [0, 0.05) is 14.1 Å². The van der Waals surface area contributed by atoms with Gasteiger partial charge in [-0.1, -0.05) is 18.2 Å². The van der Waals surface area contributed by atoms with Crippen LogP contribution in [0.25, 0.3) is 11.2 Å². The monoisotopic (exact) mass is 399 g/mol. The van der Waals surface area contributed by atoms with E-state index in [0.717, 1.165) is 0 Å². The van der Waals surface area contributed by atoms with E-state index < -0.39 is 30.5 Å². The number of nitrogens with zero attached hydrogens (tertiary/aromatic N) is 5. The Hall–Kier alpha value is -3.08. The van der Waals surface area contributed by atoms with E-state index in [1.165, 1.54) is 17.2 Å². The maximum absolute atomic E-state index is 12.1. The van der Waals surface area contributed by atoms with Crippen molar-refractivity contribution in [2.75, 3.05) is 25.6 Å². The van der Waals surface area contributed by atoms with Gasteiger partial charge in [0.15, 0.2) is 23.2 Å². The summed E-state index contributed by atoms with van der Waals surface area (Å²) in [6.45, 7) is -0.201. The van der Waals surface area contributed by atoms with E-state index in [1.807, 2.05) is 14.1 Å². The summed E-state index contributed by atoms with van der Waals surface area (Å²) < 4.78 is 12.6. The zero-order valence-electron chi connectivity index (χ0n) is 15.9. The predicted molar refractivity (Wildman–Crippen MR) is 102 cm³/mol. The Kier molecular flexibility index (Phi) is 5.14. The number of aliphatic hydroxyl groups excluding tert-OH is 2. The Bertz CT molecular complexity index is 1010. The minimum absolute atomic E-state index is 0.201. The molecule has 0 aliphatic carbocycles. The Balaban J connectivity index is 1.51. The molecule has 4 atom stereocenters. The fourth-order valence-electron chi connectivity index (χ4n) is 3.27. The second-order valence-electron chi connectivity index (χ2n) is 6.93. The molecule has 2 aromatic heterocycles. The molecular weight excluding hydrogens is 378 g/mol. The van der Waals surface area contributed by atoms with E-state index in [-0.39, 0.29) is 6.61 Å². The molecule has 2 N–H and O–H groups in total. The number of aliphatic hydroxyl groups is 2. The topological polar surface area (TPSA) is 123 Å². The van der Waals surface area contributed by atoms with E-state index in [0.29, 0.717) is 22.5 Å². The van der Waals surface area contributed by atoms with Crippen LogP contribution in [0.15, 0.2) is 43.0 Å². The van der Waals surface area contributed by atoms with Crippen molar-refractivity contribution in [1.29, 1.82) is 0 Å². The van der Waals surface area contributed by atoms with Crippen molar-refractivity contribution in [2.24, 2.45) is 0 Å². The smallest absolute Gasteiger partial charge is 0.338 e. The molecule has 1 aromatic carbocycles. The summed E-state index contributed by atoms with van der Waals surface area (Å²) in [5.74, 6) is 0.0888. The molecule has 1 fully saturated rings. The largest absolute Gasteiger partial charge is 0.459 e. The van der Waals surface area contributed by atoms with E-state index in [2.05, 4.69) is 15.0 Å². The van der Waals surface area contributed by atoms with Gasteiger partial charge in [-0.15, -0.1) is 0 Å². The van der Waals surface area contributed by atoms with Crippen molar-refractivity contribution in [2.45, 2.75) is 24.5 Å². The van der Waals surface area contributed by atoms with Crippen molar-refractivity contribution in [3.05, 3.63) is 48.5 Å². The second-order valence-corrected chi connectivity index (χ2v) is 6.93. The van der Waals surface area contributed by atoms with Gasteiger partial charge < -0.3 is 24.6 Å². The van der Waals surface area contributed by atoms with Gasteiger partial charge in [0.05, 0.1) is 11.9 Å². The number of imidazole rings is 1. The highest BCUT2D eigenvalue weighted by Gasteiger charge is 2.45. The SMILES string of the molecule is CN(C)c1ncnc2c1ncn2[C@@H]1O[C@H](COC(=O)c2ccccc2)[C@@H](O)[C@H]1O. The van der Waals surface area contributed by atoms with Crippen LogP contribution in [0.3, 0.4) is 0 Å². The van der Waals surface area contributed by atoms with Crippen LogP contribution in [-0.2, 0) is 9.47 Å². The Morgan fingerprint density at radius 3 is 2.66 bits per heavy atom. The van der Waals surface area contributed by atoms with Crippen LogP contribution in [0.2, 0.25) is 0 Å². The summed E-state index contributed by atoms with van der Waals surface area (Å²) in [6.07, 6.45) is -1.43. The molecular formula is C19H21N5O5. The number of rotatable bonds is 5. The summed E-state index contributed by atoms with van der Waals surface area (Å²) in [7, 11) is 3.67. The molecule has 1 aliphatic rings. The quantitative estimate of drug-likeness (QED) is 0.586. The third-order valence-electron chi connectivity index (χ3n) is 4.76. The van der Waals surface area contributed by atoms with Gasteiger partial charge in [-0.2, -0.15) is 0 Å². The number of aromatic nitrogens is 4. The predicted octanol–water partition coefficient (Wildman–Crippen LogP) is 0.368. The van der Waals surface area contributed by atoms with Crippen LogP contribution >= 0.6 is 0 Å². The highest BCUT2D eigenvalue weighted by atomic mass is 16.6. The Morgan fingerprint density at radius 1 is 1.17 bits per heavy atom. The lowest BCUT2D eigenvalue weighted by Crippen LogP contribution is -2.34. The van der Waals surface area contributed by atoms with Gasteiger partial charge in [-0.05, 0) is 12.1 Å². The van der Waals surface area contributed by atoms with Crippen molar-refractivity contribution >= 4 is 23.0 Å². The fraction of sp³-hybridized carbons (Fsp3) is 0.368. The van der Waals surface area contributed by atoms with Crippen molar-refractivity contribution in [3.63, 3.8) is 0 Å². The summed E-state index contributed by atoms with van der Waals surface area (Å²) in [6, 6.07) is 8.51. The Labute approximate surface area is 166 Å². The zero-order valence-corrected chi connectivity index (χ0v) is 15.9. The van der Waals surface area contributed by atoms with E-state index in [9.17, 15) is 15.0 Å². The molecule has 3 heterocycles. The molecule has 152 valence electrons. The van der Waals surface area contributed by atoms with Crippen LogP contribution in [-0.4, -0.2) is 74.7 Å².